The molecule has 1 atom stereocenters. The van der Waals surface area contributed by atoms with Gasteiger partial charge in [0.05, 0.1) is 6.54 Å². The highest BCUT2D eigenvalue weighted by Gasteiger charge is 2.35. The SMILES string of the molecule is NC(CN(C1CC1)[C@@H]1CCSC1)=NO. The summed E-state index contributed by atoms with van der Waals surface area (Å²) in [5.74, 6) is 2.80. The predicted molar refractivity (Wildman–Crippen MR) is 58.9 cm³/mol. The Labute approximate surface area is 88.5 Å². The second-order valence-corrected chi connectivity index (χ2v) is 5.16. The van der Waals surface area contributed by atoms with Gasteiger partial charge in [-0.05, 0) is 25.0 Å². The first-order valence-electron chi connectivity index (χ1n) is 5.11. The standard InChI is InChI=1S/C9H17N3OS/c10-9(11-13)5-12(7-1-2-7)8-3-4-14-6-8/h7-8,13H,1-6H2,(H2,10,11)/t8-/m1/s1. The largest absolute Gasteiger partial charge is 0.409 e. The number of rotatable bonds is 4. The van der Waals surface area contributed by atoms with Crippen molar-refractivity contribution in [3.05, 3.63) is 0 Å². The molecule has 0 spiro atoms. The number of nitrogens with zero attached hydrogens (tertiary/aromatic N) is 2. The van der Waals surface area contributed by atoms with Crippen LogP contribution in [0.25, 0.3) is 0 Å². The lowest BCUT2D eigenvalue weighted by molar-refractivity contribution is 0.227. The molecule has 1 saturated carbocycles. The molecular weight excluding hydrogens is 198 g/mol. The van der Waals surface area contributed by atoms with E-state index in [9.17, 15) is 0 Å². The first-order valence-corrected chi connectivity index (χ1v) is 6.26. The van der Waals surface area contributed by atoms with E-state index in [1.807, 2.05) is 11.8 Å². The fourth-order valence-electron chi connectivity index (χ4n) is 1.96. The zero-order valence-electron chi connectivity index (χ0n) is 8.22. The molecule has 0 aromatic rings. The highest BCUT2D eigenvalue weighted by Crippen LogP contribution is 2.33. The summed E-state index contributed by atoms with van der Waals surface area (Å²) >= 11 is 2.01. The molecule has 1 aliphatic heterocycles. The summed E-state index contributed by atoms with van der Waals surface area (Å²) in [4.78, 5) is 2.41. The number of amidine groups is 1. The monoisotopic (exact) mass is 215 g/mol. The lowest BCUT2D eigenvalue weighted by atomic mass is 10.2. The van der Waals surface area contributed by atoms with Gasteiger partial charge in [-0.2, -0.15) is 11.8 Å². The minimum atomic E-state index is 0.341. The first kappa shape index (κ1) is 10.1. The number of hydrogen-bond acceptors (Lipinski definition) is 4. The van der Waals surface area contributed by atoms with Crippen molar-refractivity contribution < 1.29 is 5.21 Å². The maximum absolute atomic E-state index is 8.56. The summed E-state index contributed by atoms with van der Waals surface area (Å²) in [6, 6.07) is 1.34. The van der Waals surface area contributed by atoms with Crippen LogP contribution in [0.2, 0.25) is 0 Å². The Morgan fingerprint density at radius 3 is 2.71 bits per heavy atom. The highest BCUT2D eigenvalue weighted by atomic mass is 32.2. The Kier molecular flexibility index (Phi) is 3.18. The molecule has 1 aliphatic carbocycles. The van der Waals surface area contributed by atoms with E-state index in [1.54, 1.807) is 0 Å². The summed E-state index contributed by atoms with van der Waals surface area (Å²) in [5.41, 5.74) is 5.56. The number of oxime groups is 1. The normalized spacial score (nSPS) is 28.6. The van der Waals surface area contributed by atoms with Crippen molar-refractivity contribution in [3.63, 3.8) is 0 Å². The third-order valence-electron chi connectivity index (χ3n) is 2.86. The van der Waals surface area contributed by atoms with Crippen LogP contribution in [0.3, 0.4) is 0 Å². The van der Waals surface area contributed by atoms with Gasteiger partial charge in [-0.3, -0.25) is 4.90 Å². The molecule has 2 aliphatic rings. The van der Waals surface area contributed by atoms with Gasteiger partial charge in [-0.25, -0.2) is 0 Å². The quantitative estimate of drug-likeness (QED) is 0.314. The predicted octanol–water partition coefficient (Wildman–Crippen LogP) is 0.703. The van der Waals surface area contributed by atoms with Gasteiger partial charge in [-0.1, -0.05) is 5.16 Å². The molecule has 1 heterocycles. The van der Waals surface area contributed by atoms with E-state index in [0.29, 0.717) is 24.5 Å². The van der Waals surface area contributed by atoms with Gasteiger partial charge in [0, 0.05) is 17.8 Å². The Balaban J connectivity index is 1.92. The Morgan fingerprint density at radius 2 is 2.21 bits per heavy atom. The van der Waals surface area contributed by atoms with E-state index >= 15 is 0 Å². The smallest absolute Gasteiger partial charge is 0.153 e. The Hall–Kier alpha value is -0.420. The van der Waals surface area contributed by atoms with Crippen LogP contribution in [0.1, 0.15) is 19.3 Å². The highest BCUT2D eigenvalue weighted by molar-refractivity contribution is 7.99. The van der Waals surface area contributed by atoms with Crippen molar-refractivity contribution >= 4 is 17.6 Å². The molecule has 0 amide bonds. The fraction of sp³-hybridized carbons (Fsp3) is 0.889. The van der Waals surface area contributed by atoms with Gasteiger partial charge in [0.1, 0.15) is 0 Å². The van der Waals surface area contributed by atoms with Gasteiger partial charge in [-0.15, -0.1) is 0 Å². The average Bonchev–Trinajstić information content (AvgIpc) is 2.89. The van der Waals surface area contributed by atoms with E-state index in [0.717, 1.165) is 0 Å². The van der Waals surface area contributed by atoms with E-state index in [2.05, 4.69) is 10.1 Å². The van der Waals surface area contributed by atoms with E-state index < -0.39 is 0 Å². The molecule has 14 heavy (non-hydrogen) atoms. The lowest BCUT2D eigenvalue weighted by Gasteiger charge is -2.27. The molecule has 80 valence electrons. The zero-order chi connectivity index (χ0) is 9.97. The van der Waals surface area contributed by atoms with Crippen LogP contribution >= 0.6 is 11.8 Å². The van der Waals surface area contributed by atoms with Crippen LogP contribution in [-0.2, 0) is 0 Å². The second kappa shape index (κ2) is 4.40. The summed E-state index contributed by atoms with van der Waals surface area (Å²) in [5, 5.41) is 11.6. The van der Waals surface area contributed by atoms with Crippen molar-refractivity contribution in [3.8, 4) is 0 Å². The van der Waals surface area contributed by atoms with Crippen LogP contribution in [0.4, 0.5) is 0 Å². The topological polar surface area (TPSA) is 61.8 Å². The van der Waals surface area contributed by atoms with E-state index in [1.165, 1.54) is 30.8 Å². The molecule has 4 nitrogen and oxygen atoms in total. The maximum Gasteiger partial charge on any atom is 0.153 e. The molecular formula is C9H17N3OS. The summed E-state index contributed by atoms with van der Waals surface area (Å²) in [7, 11) is 0. The fourth-order valence-corrected chi connectivity index (χ4v) is 3.20. The first-order chi connectivity index (χ1) is 6.81. The molecule has 0 aromatic carbocycles. The molecule has 2 rings (SSSR count). The summed E-state index contributed by atoms with van der Waals surface area (Å²) < 4.78 is 0. The lowest BCUT2D eigenvalue weighted by Crippen LogP contribution is -2.42. The second-order valence-electron chi connectivity index (χ2n) is 4.01. The van der Waals surface area contributed by atoms with Crippen LogP contribution in [0.5, 0.6) is 0 Å². The van der Waals surface area contributed by atoms with Crippen molar-refractivity contribution in [2.75, 3.05) is 18.1 Å². The molecule has 1 saturated heterocycles. The van der Waals surface area contributed by atoms with Gasteiger partial charge >= 0.3 is 0 Å². The molecule has 5 heteroatoms. The van der Waals surface area contributed by atoms with Gasteiger partial charge in [0.25, 0.3) is 0 Å². The molecule has 3 N–H and O–H groups in total. The maximum atomic E-state index is 8.56. The third-order valence-corrected chi connectivity index (χ3v) is 4.01. The zero-order valence-corrected chi connectivity index (χ0v) is 9.04. The number of hydrogen-bond donors (Lipinski definition) is 2. The van der Waals surface area contributed by atoms with Crippen LogP contribution < -0.4 is 5.73 Å². The van der Waals surface area contributed by atoms with E-state index in [4.69, 9.17) is 10.9 Å². The minimum absolute atomic E-state index is 0.341. The summed E-state index contributed by atoms with van der Waals surface area (Å²) in [6.07, 6.45) is 3.81. The Bertz CT molecular complexity index is 224. The Morgan fingerprint density at radius 1 is 1.43 bits per heavy atom. The van der Waals surface area contributed by atoms with Gasteiger partial charge in [0.15, 0.2) is 5.84 Å². The molecule has 2 fully saturated rings. The van der Waals surface area contributed by atoms with Crippen molar-refractivity contribution in [1.29, 1.82) is 0 Å². The molecule has 0 aromatic heterocycles. The number of thioether (sulfide) groups is 1. The van der Waals surface area contributed by atoms with Gasteiger partial charge < -0.3 is 10.9 Å². The molecule has 0 bridgehead atoms. The average molecular weight is 215 g/mol. The third kappa shape index (κ3) is 2.33. The van der Waals surface area contributed by atoms with Crippen molar-refractivity contribution in [2.24, 2.45) is 10.9 Å². The number of nitrogens with two attached hydrogens (primary N) is 1. The van der Waals surface area contributed by atoms with Gasteiger partial charge in [0.2, 0.25) is 0 Å². The molecule has 0 radical (unpaired) electrons. The summed E-state index contributed by atoms with van der Waals surface area (Å²) in [6.45, 7) is 0.631. The van der Waals surface area contributed by atoms with E-state index in [-0.39, 0.29) is 0 Å². The van der Waals surface area contributed by atoms with Crippen LogP contribution in [0.15, 0.2) is 5.16 Å². The van der Waals surface area contributed by atoms with Crippen molar-refractivity contribution in [1.82, 2.24) is 4.90 Å². The molecule has 0 unspecified atom stereocenters. The van der Waals surface area contributed by atoms with Crippen LogP contribution in [0, 0.1) is 0 Å². The van der Waals surface area contributed by atoms with Crippen LogP contribution in [-0.4, -0.2) is 46.1 Å². The minimum Gasteiger partial charge on any atom is -0.409 e. The van der Waals surface area contributed by atoms with Crippen molar-refractivity contribution in [2.45, 2.75) is 31.3 Å².